The highest BCUT2D eigenvalue weighted by Gasteiger charge is 2.42. The predicted octanol–water partition coefficient (Wildman–Crippen LogP) is 5.44. The molecule has 0 spiro atoms. The van der Waals surface area contributed by atoms with E-state index in [-0.39, 0.29) is 58.6 Å². The Bertz CT molecular complexity index is 1790. The molecule has 14 heteroatoms. The molecule has 12 nitrogen and oxygen atoms in total. The molecule has 3 aromatic rings. The van der Waals surface area contributed by atoms with E-state index in [1.54, 1.807) is 30.3 Å². The van der Waals surface area contributed by atoms with Crippen molar-refractivity contribution in [3.63, 3.8) is 0 Å². The van der Waals surface area contributed by atoms with Gasteiger partial charge < -0.3 is 36.2 Å². The maximum atomic E-state index is 14.2. The molecule has 50 heavy (non-hydrogen) atoms. The largest absolute Gasteiger partial charge is 0.507 e. The van der Waals surface area contributed by atoms with Crippen LogP contribution in [0.2, 0.25) is 0 Å². The van der Waals surface area contributed by atoms with E-state index in [2.05, 4.69) is 21.3 Å². The van der Waals surface area contributed by atoms with Crippen LogP contribution in [0.3, 0.4) is 0 Å². The Labute approximate surface area is 293 Å². The number of amides is 5. The summed E-state index contributed by atoms with van der Waals surface area (Å²) in [4.78, 5) is 50.3. The van der Waals surface area contributed by atoms with Crippen LogP contribution in [0.4, 0.5) is 20.6 Å². The van der Waals surface area contributed by atoms with Crippen molar-refractivity contribution >= 4 is 46.9 Å². The zero-order chi connectivity index (χ0) is 35.4. The highest BCUT2D eigenvalue weighted by Crippen LogP contribution is 2.51. The van der Waals surface area contributed by atoms with Crippen LogP contribution in [-0.4, -0.2) is 70.1 Å². The van der Waals surface area contributed by atoms with Crippen LogP contribution in [0.1, 0.15) is 62.2 Å². The topological polar surface area (TPSA) is 169 Å². The quantitative estimate of drug-likeness (QED) is 0.101. The third-order valence-electron chi connectivity index (χ3n) is 9.12. The molecule has 3 aliphatic heterocycles. The van der Waals surface area contributed by atoms with E-state index in [1.165, 1.54) is 17.9 Å². The van der Waals surface area contributed by atoms with E-state index in [1.807, 2.05) is 11.8 Å². The van der Waals surface area contributed by atoms with E-state index in [9.17, 15) is 33.8 Å². The molecule has 3 aliphatic rings. The summed E-state index contributed by atoms with van der Waals surface area (Å²) in [6, 6.07) is 12.0. The van der Waals surface area contributed by atoms with Crippen LogP contribution >= 0.6 is 11.8 Å². The number of aromatic hydroxyl groups is 2. The number of nitrogens with one attached hydrogen (secondary N) is 4. The number of phenolic OH excluding ortho intramolecular Hbond substituents is 2. The predicted molar refractivity (Wildman–Crippen MR) is 188 cm³/mol. The van der Waals surface area contributed by atoms with Crippen molar-refractivity contribution in [3.05, 3.63) is 59.9 Å². The summed E-state index contributed by atoms with van der Waals surface area (Å²) in [5, 5.41) is 32.8. The lowest BCUT2D eigenvalue weighted by atomic mass is 10.00. The SMILES string of the molecule is CC(=O)N1c2cc(F)c(O)cc2Oc2cc(O)c(-c3ccc(C(=O)NCCCCCNC(=O)CCCC[C@@H]4SC[C@@H]5NC(=O)N[C@@H]54)cc3)cc21. The zero-order valence-electron chi connectivity index (χ0n) is 27.6. The van der Waals surface area contributed by atoms with Crippen molar-refractivity contribution < 1.29 is 38.5 Å². The summed E-state index contributed by atoms with van der Waals surface area (Å²) in [6.07, 6.45) is 5.66. The Kier molecular flexibility index (Phi) is 10.7. The Hall–Kier alpha value is -4.98. The Balaban J connectivity index is 0.909. The van der Waals surface area contributed by atoms with Crippen molar-refractivity contribution in [3.8, 4) is 34.1 Å². The Morgan fingerprint density at radius 2 is 1.62 bits per heavy atom. The zero-order valence-corrected chi connectivity index (χ0v) is 28.4. The number of anilines is 2. The van der Waals surface area contributed by atoms with E-state index in [4.69, 9.17) is 4.74 Å². The van der Waals surface area contributed by atoms with Gasteiger partial charge in [-0.05, 0) is 55.9 Å². The maximum Gasteiger partial charge on any atom is 0.315 e. The van der Waals surface area contributed by atoms with Crippen molar-refractivity contribution in [1.29, 1.82) is 0 Å². The highest BCUT2D eigenvalue weighted by atomic mass is 32.2. The number of carbonyl (C=O) groups is 4. The normalized spacial score (nSPS) is 18.6. The summed E-state index contributed by atoms with van der Waals surface area (Å²) in [5.74, 6) is -1.13. The van der Waals surface area contributed by atoms with E-state index >= 15 is 0 Å². The van der Waals surface area contributed by atoms with Crippen LogP contribution in [0, 0.1) is 5.82 Å². The molecule has 0 bridgehead atoms. The Morgan fingerprint density at radius 3 is 2.36 bits per heavy atom. The van der Waals surface area contributed by atoms with Gasteiger partial charge in [0.25, 0.3) is 5.91 Å². The van der Waals surface area contributed by atoms with Gasteiger partial charge >= 0.3 is 6.03 Å². The molecule has 2 fully saturated rings. The molecule has 5 amide bonds. The molecule has 2 saturated heterocycles. The van der Waals surface area contributed by atoms with Gasteiger partial charge in [-0.25, -0.2) is 9.18 Å². The fourth-order valence-corrected chi connectivity index (χ4v) is 8.09. The summed E-state index contributed by atoms with van der Waals surface area (Å²) in [7, 11) is 0. The first-order chi connectivity index (χ1) is 24.1. The second kappa shape index (κ2) is 15.3. The van der Waals surface area contributed by atoms with Crippen LogP contribution in [0.15, 0.2) is 48.5 Å². The van der Waals surface area contributed by atoms with Crippen molar-refractivity contribution in [2.45, 2.75) is 69.2 Å². The molecule has 0 aliphatic carbocycles. The highest BCUT2D eigenvalue weighted by molar-refractivity contribution is 8.00. The van der Waals surface area contributed by atoms with Gasteiger partial charge in [-0.2, -0.15) is 11.8 Å². The smallest absolute Gasteiger partial charge is 0.315 e. The maximum absolute atomic E-state index is 14.2. The number of fused-ring (bicyclic) bond motifs is 3. The monoisotopic (exact) mass is 705 g/mol. The van der Waals surface area contributed by atoms with Gasteiger partial charge in [0.05, 0.1) is 23.5 Å². The summed E-state index contributed by atoms with van der Waals surface area (Å²) in [6.45, 7) is 2.39. The summed E-state index contributed by atoms with van der Waals surface area (Å²) in [5.41, 5.74) is 1.80. The third-order valence-corrected chi connectivity index (χ3v) is 10.6. The average Bonchev–Trinajstić information content (AvgIpc) is 3.64. The molecule has 0 radical (unpaired) electrons. The van der Waals surface area contributed by atoms with Gasteiger partial charge in [0.2, 0.25) is 11.8 Å². The number of hydrogen-bond acceptors (Lipinski definition) is 8. The fraction of sp³-hybridized carbons (Fsp3) is 0.389. The number of urea groups is 1. The van der Waals surface area contributed by atoms with Gasteiger partial charge in [0.1, 0.15) is 5.75 Å². The van der Waals surface area contributed by atoms with E-state index in [0.29, 0.717) is 41.5 Å². The van der Waals surface area contributed by atoms with E-state index in [0.717, 1.165) is 56.4 Å². The molecule has 3 aromatic carbocycles. The van der Waals surface area contributed by atoms with E-state index < -0.39 is 17.5 Å². The van der Waals surface area contributed by atoms with Gasteiger partial charge in [0, 0.05) is 66.8 Å². The number of thioether (sulfide) groups is 1. The van der Waals surface area contributed by atoms with Gasteiger partial charge in [-0.3, -0.25) is 19.3 Å². The molecular weight excluding hydrogens is 665 g/mol. The van der Waals surface area contributed by atoms with Crippen molar-refractivity contribution in [2.24, 2.45) is 0 Å². The van der Waals surface area contributed by atoms with Gasteiger partial charge in [-0.15, -0.1) is 0 Å². The van der Waals surface area contributed by atoms with Crippen molar-refractivity contribution in [2.75, 3.05) is 23.7 Å². The molecule has 6 rings (SSSR count). The molecule has 0 unspecified atom stereocenters. The van der Waals surface area contributed by atoms with Gasteiger partial charge in [0.15, 0.2) is 23.1 Å². The molecule has 6 N–H and O–H groups in total. The first-order valence-electron chi connectivity index (χ1n) is 16.8. The second-order valence-corrected chi connectivity index (χ2v) is 13.9. The number of nitrogens with zero attached hydrogens (tertiary/aromatic N) is 1. The van der Waals surface area contributed by atoms with Crippen LogP contribution in [0.25, 0.3) is 11.1 Å². The van der Waals surface area contributed by atoms with Gasteiger partial charge in [-0.1, -0.05) is 18.6 Å². The molecular formula is C36H40FN5O7S. The van der Waals surface area contributed by atoms with Crippen LogP contribution in [0.5, 0.6) is 23.0 Å². The lowest BCUT2D eigenvalue weighted by molar-refractivity contribution is -0.121. The number of carbonyl (C=O) groups excluding carboxylic acids is 4. The number of hydrogen-bond donors (Lipinski definition) is 6. The Morgan fingerprint density at radius 1 is 0.920 bits per heavy atom. The summed E-state index contributed by atoms with van der Waals surface area (Å²) < 4.78 is 20.0. The lowest BCUT2D eigenvalue weighted by Crippen LogP contribution is -2.36. The fourth-order valence-electron chi connectivity index (χ4n) is 6.54. The molecule has 3 heterocycles. The molecule has 0 saturated carbocycles. The number of ether oxygens (including phenoxy) is 1. The minimum absolute atomic E-state index is 0.0459. The first kappa shape index (κ1) is 34.9. The summed E-state index contributed by atoms with van der Waals surface area (Å²) >= 11 is 1.88. The van der Waals surface area contributed by atoms with Crippen LogP contribution < -0.4 is 30.9 Å². The number of benzene rings is 3. The number of halogens is 1. The standard InChI is InChI=1S/C36H40FN5O7S/c1-20(43)42-26-15-23(28(44)17-30(26)49-31-18-29(45)24(37)16-27(31)42)21-9-11-22(12-10-21)35(47)39-14-6-2-5-13-38-33(46)8-4-3-7-32-34-25(19-50-32)40-36(48)41-34/h9-12,15-18,25,32,34,44-45H,2-8,13-14,19H2,1H3,(H,38,46)(H,39,47)(H2,40,41,48)/t25-,32-,34-/m0/s1. The number of rotatable bonds is 13. The van der Waals surface area contributed by atoms with Crippen LogP contribution in [-0.2, 0) is 9.59 Å². The second-order valence-electron chi connectivity index (χ2n) is 12.7. The minimum Gasteiger partial charge on any atom is -0.507 e. The third kappa shape index (κ3) is 7.75. The molecule has 264 valence electrons. The number of unbranched alkanes of at least 4 members (excludes halogenated alkanes) is 3. The number of phenols is 2. The molecule has 3 atom stereocenters. The minimum atomic E-state index is -0.908. The first-order valence-corrected chi connectivity index (χ1v) is 17.9. The average molecular weight is 706 g/mol. The lowest BCUT2D eigenvalue weighted by Gasteiger charge is -2.31. The van der Waals surface area contributed by atoms with Crippen molar-refractivity contribution in [1.82, 2.24) is 21.3 Å². The molecule has 0 aromatic heterocycles.